The summed E-state index contributed by atoms with van der Waals surface area (Å²) < 4.78 is 62.1. The number of carbonyl (C=O) groups excluding carboxylic acids is 1. The summed E-state index contributed by atoms with van der Waals surface area (Å²) in [6.07, 6.45) is -2.76. The summed E-state index contributed by atoms with van der Waals surface area (Å²) in [4.78, 5) is 10.8. The maximum Gasteiger partial charge on any atom is 0.312 e. The van der Waals surface area contributed by atoms with Crippen LogP contribution in [0, 0.1) is 17.8 Å². The summed E-state index contributed by atoms with van der Waals surface area (Å²) in [5.74, 6) is -7.28. The van der Waals surface area contributed by atoms with Gasteiger partial charge in [-0.1, -0.05) is 13.8 Å². The van der Waals surface area contributed by atoms with E-state index in [2.05, 4.69) is 0 Å². The zero-order chi connectivity index (χ0) is 17.2. The molecule has 2 saturated carbocycles. The molecule has 132 valence electrons. The van der Waals surface area contributed by atoms with Gasteiger partial charge in [0.25, 0.3) is 10.1 Å². The van der Waals surface area contributed by atoms with Gasteiger partial charge in [-0.25, -0.2) is 0 Å². The average Bonchev–Trinajstić information content (AvgIpc) is 3.00. The maximum atomic E-state index is 13.9. The van der Waals surface area contributed by atoms with Crippen molar-refractivity contribution in [3.8, 4) is 0 Å². The van der Waals surface area contributed by atoms with Crippen LogP contribution < -0.4 is 5.11 Å². The predicted molar refractivity (Wildman–Crippen MR) is 71.9 cm³/mol. The van der Waals surface area contributed by atoms with E-state index in [0.29, 0.717) is 12.8 Å². The molecule has 1 heterocycles. The zero-order valence-electron chi connectivity index (χ0n) is 12.8. The van der Waals surface area contributed by atoms with E-state index in [-0.39, 0.29) is 24.2 Å². The quantitative estimate of drug-likeness (QED) is 0.638. The van der Waals surface area contributed by atoms with Gasteiger partial charge in [-0.15, -0.1) is 0 Å². The van der Waals surface area contributed by atoms with E-state index >= 15 is 0 Å². The lowest BCUT2D eigenvalue weighted by Crippen LogP contribution is -2.53. The topological polar surface area (TPSA) is 92.7 Å². The fourth-order valence-electron chi connectivity index (χ4n) is 4.11. The van der Waals surface area contributed by atoms with Crippen molar-refractivity contribution in [3.05, 3.63) is 0 Å². The van der Waals surface area contributed by atoms with Gasteiger partial charge in [0, 0.05) is 5.92 Å². The monoisotopic (exact) mass is 353 g/mol. The summed E-state index contributed by atoms with van der Waals surface area (Å²) in [5.41, 5.74) is 0. The van der Waals surface area contributed by atoms with Gasteiger partial charge < -0.3 is 14.6 Å². The third-order valence-electron chi connectivity index (χ3n) is 5.10. The molecule has 2 bridgehead atoms. The van der Waals surface area contributed by atoms with Gasteiger partial charge >= 0.3 is 5.92 Å². The fraction of sp³-hybridized carbons (Fsp3) is 0.929. The van der Waals surface area contributed by atoms with Gasteiger partial charge in [-0.2, -0.15) is 17.2 Å². The van der Waals surface area contributed by atoms with Crippen molar-refractivity contribution < 1.29 is 36.0 Å². The number of alkyl halides is 2. The first-order chi connectivity index (χ1) is 10.5. The number of carbonyl (C=O) groups is 1. The first-order valence-corrected chi connectivity index (χ1v) is 9.18. The van der Waals surface area contributed by atoms with Gasteiger partial charge in [-0.05, 0) is 31.1 Å². The first-order valence-electron chi connectivity index (χ1n) is 7.71. The second kappa shape index (κ2) is 5.35. The van der Waals surface area contributed by atoms with Crippen LogP contribution in [0.15, 0.2) is 0 Å². The molecule has 0 spiro atoms. The summed E-state index contributed by atoms with van der Waals surface area (Å²) >= 11 is 0. The Balaban J connectivity index is 1.81. The van der Waals surface area contributed by atoms with Crippen LogP contribution in [0.5, 0.6) is 0 Å². The molecule has 3 rings (SSSR count). The predicted octanol–water partition coefficient (Wildman–Crippen LogP) is 0.308. The van der Waals surface area contributed by atoms with Crippen LogP contribution in [0.2, 0.25) is 0 Å². The molecule has 1 aliphatic heterocycles. The van der Waals surface area contributed by atoms with Crippen molar-refractivity contribution in [2.45, 2.75) is 62.6 Å². The normalized spacial score (nSPS) is 39.1. The van der Waals surface area contributed by atoms with E-state index in [1.807, 2.05) is 0 Å². The molecule has 0 aromatic rings. The second-order valence-electron chi connectivity index (χ2n) is 7.12. The summed E-state index contributed by atoms with van der Waals surface area (Å²) in [5, 5.41) is 10.2. The molecular formula is C14H19F2O6S-. The molecule has 0 aromatic carbocycles. The highest BCUT2D eigenvalue weighted by Gasteiger charge is 2.65. The lowest BCUT2D eigenvalue weighted by atomic mass is 9.93. The Kier molecular flexibility index (Phi) is 3.97. The molecule has 9 heteroatoms. The van der Waals surface area contributed by atoms with Crippen LogP contribution in [-0.4, -0.2) is 43.9 Å². The lowest BCUT2D eigenvalue weighted by molar-refractivity contribution is -0.340. The van der Waals surface area contributed by atoms with Crippen LogP contribution in [0.1, 0.15) is 33.1 Å². The number of rotatable bonds is 6. The average molecular weight is 353 g/mol. The van der Waals surface area contributed by atoms with E-state index in [1.165, 1.54) is 0 Å². The second-order valence-corrected chi connectivity index (χ2v) is 8.90. The van der Waals surface area contributed by atoms with Crippen LogP contribution >= 0.6 is 0 Å². The summed E-state index contributed by atoms with van der Waals surface area (Å²) in [6, 6.07) is 0. The van der Waals surface area contributed by atoms with Crippen molar-refractivity contribution in [3.63, 3.8) is 0 Å². The molecule has 23 heavy (non-hydrogen) atoms. The first kappa shape index (κ1) is 17.0. The van der Waals surface area contributed by atoms with E-state index in [9.17, 15) is 27.1 Å². The molecule has 3 fully saturated rings. The van der Waals surface area contributed by atoms with Crippen molar-refractivity contribution in [1.29, 1.82) is 0 Å². The van der Waals surface area contributed by atoms with Crippen LogP contribution in [0.3, 0.4) is 0 Å². The van der Waals surface area contributed by atoms with Gasteiger partial charge in [-0.3, -0.25) is 4.18 Å². The van der Waals surface area contributed by atoms with Crippen LogP contribution in [0.25, 0.3) is 0 Å². The molecule has 3 aliphatic rings. The van der Waals surface area contributed by atoms with Crippen molar-refractivity contribution in [2.24, 2.45) is 17.8 Å². The molecule has 0 aromatic heterocycles. The van der Waals surface area contributed by atoms with E-state index < -0.39 is 45.6 Å². The van der Waals surface area contributed by atoms with E-state index in [4.69, 9.17) is 8.92 Å². The van der Waals surface area contributed by atoms with Gasteiger partial charge in [0.05, 0.1) is 11.4 Å². The van der Waals surface area contributed by atoms with Crippen molar-refractivity contribution in [2.75, 3.05) is 0 Å². The van der Waals surface area contributed by atoms with Crippen LogP contribution in [-0.2, 0) is 23.8 Å². The highest BCUT2D eigenvalue weighted by atomic mass is 32.2. The minimum absolute atomic E-state index is 0.169. The van der Waals surface area contributed by atoms with Crippen molar-refractivity contribution in [1.82, 2.24) is 0 Å². The molecule has 1 saturated heterocycles. The molecule has 6 nitrogen and oxygen atoms in total. The molecule has 0 amide bonds. The largest absolute Gasteiger partial charge is 0.544 e. The third-order valence-corrected chi connectivity index (χ3v) is 6.87. The molecular weight excluding hydrogens is 334 g/mol. The number of aliphatic carboxylic acids is 1. The molecule has 6 unspecified atom stereocenters. The number of ether oxygens (including phenoxy) is 1. The molecule has 0 N–H and O–H groups in total. The molecule has 6 atom stereocenters. The Morgan fingerprint density at radius 1 is 1.39 bits per heavy atom. The Bertz CT molecular complexity index is 604. The minimum Gasteiger partial charge on any atom is -0.544 e. The van der Waals surface area contributed by atoms with Gasteiger partial charge in [0.2, 0.25) is 0 Å². The minimum atomic E-state index is -4.14. The van der Waals surface area contributed by atoms with Gasteiger partial charge in [0.15, 0.2) is 0 Å². The van der Waals surface area contributed by atoms with E-state index in [0.717, 1.165) is 0 Å². The number of carboxylic acids is 1. The number of hydrogen-bond acceptors (Lipinski definition) is 6. The SMILES string of the molecule is CC(C)CC(OC1C2CC3C1OS(=O)(=O)C3C2)C(F)(F)C(=O)[O-]. The molecule has 0 radical (unpaired) electrons. The number of carboxylic acid groups (broad SMARTS) is 1. The Morgan fingerprint density at radius 3 is 2.61 bits per heavy atom. The highest BCUT2D eigenvalue weighted by Crippen LogP contribution is 2.56. The molecule has 2 aliphatic carbocycles. The van der Waals surface area contributed by atoms with E-state index in [1.54, 1.807) is 13.8 Å². The highest BCUT2D eigenvalue weighted by molar-refractivity contribution is 7.87. The van der Waals surface area contributed by atoms with Crippen molar-refractivity contribution >= 4 is 16.1 Å². The maximum absolute atomic E-state index is 13.9. The standard InChI is InChI=1S/C14H20F2O6S/c1-6(2)3-10(14(15,16)13(17)18)21-11-7-4-8-9(5-7)23(19,20)22-12(8)11/h6-12H,3-5H2,1-2H3,(H,17,18)/p-1. The number of fused-ring (bicyclic) bond motifs is 1. The summed E-state index contributed by atoms with van der Waals surface area (Å²) in [6.45, 7) is 3.35. The number of halogens is 2. The fourth-order valence-corrected chi connectivity index (χ4v) is 5.99. The number of hydrogen-bond donors (Lipinski definition) is 0. The smallest absolute Gasteiger partial charge is 0.312 e. The lowest BCUT2D eigenvalue weighted by Gasteiger charge is -2.34. The van der Waals surface area contributed by atoms with Crippen LogP contribution in [0.4, 0.5) is 8.78 Å². The Hall–Kier alpha value is -0.800. The Labute approximate surface area is 133 Å². The zero-order valence-corrected chi connectivity index (χ0v) is 13.6. The summed E-state index contributed by atoms with van der Waals surface area (Å²) in [7, 11) is -3.67. The van der Waals surface area contributed by atoms with Gasteiger partial charge in [0.1, 0.15) is 18.2 Å². The third kappa shape index (κ3) is 2.66. The Morgan fingerprint density at radius 2 is 2.04 bits per heavy atom.